The molecule has 4 rings (SSSR count). The minimum atomic E-state index is -0.880. The Morgan fingerprint density at radius 1 is 1.38 bits per heavy atom. The van der Waals surface area contributed by atoms with Gasteiger partial charge in [0.2, 0.25) is 0 Å². The summed E-state index contributed by atoms with van der Waals surface area (Å²) in [7, 11) is 0. The number of aliphatic hydroxyl groups is 1. The second-order valence-electron chi connectivity index (χ2n) is 5.67. The molecule has 8 nitrogen and oxygen atoms in total. The van der Waals surface area contributed by atoms with Gasteiger partial charge in [-0.25, -0.2) is 9.67 Å². The molecule has 24 heavy (non-hydrogen) atoms. The Labute approximate surface area is 137 Å². The Balaban J connectivity index is 1.83. The van der Waals surface area contributed by atoms with E-state index in [-0.39, 0.29) is 5.56 Å². The molecule has 0 fully saturated rings. The van der Waals surface area contributed by atoms with E-state index in [1.54, 1.807) is 6.20 Å². The molecule has 3 aromatic rings. The smallest absolute Gasteiger partial charge is 0.254 e. The average Bonchev–Trinajstić information content (AvgIpc) is 3.17. The maximum Gasteiger partial charge on any atom is 0.254 e. The summed E-state index contributed by atoms with van der Waals surface area (Å²) < 4.78 is 3.23. The standard InChI is InChI=1S/C16H16N6O2/c1-2-21-13-4-3-9(5-10(13)7-18-21)12-6-14(23)22-16(20-12)11(8-19-22)15(17)24/h3-5,7-8,14,23H,2,6H2,1H3,(H2,17,24). The number of carbonyl (C=O) groups excluding carboxylic acids is 1. The predicted octanol–water partition coefficient (Wildman–Crippen LogP) is 1.37. The molecule has 0 bridgehead atoms. The number of hydrogen-bond acceptors (Lipinski definition) is 5. The van der Waals surface area contributed by atoms with Crippen molar-refractivity contribution in [1.82, 2.24) is 19.6 Å². The van der Waals surface area contributed by atoms with Gasteiger partial charge >= 0.3 is 0 Å². The van der Waals surface area contributed by atoms with Crippen molar-refractivity contribution in [1.29, 1.82) is 0 Å². The summed E-state index contributed by atoms with van der Waals surface area (Å²) in [6.45, 7) is 2.83. The summed E-state index contributed by atoms with van der Waals surface area (Å²) >= 11 is 0. The van der Waals surface area contributed by atoms with Crippen LogP contribution in [0.25, 0.3) is 10.9 Å². The van der Waals surface area contributed by atoms with Gasteiger partial charge in [-0.3, -0.25) is 9.48 Å². The lowest BCUT2D eigenvalue weighted by molar-refractivity contribution is 0.0968. The monoisotopic (exact) mass is 324 g/mol. The number of aliphatic imine (C=N–C) groups is 1. The first kappa shape index (κ1) is 14.6. The molecule has 1 amide bonds. The van der Waals surface area contributed by atoms with E-state index < -0.39 is 12.1 Å². The molecule has 3 heterocycles. The summed E-state index contributed by atoms with van der Waals surface area (Å²) in [6.07, 6.45) is 2.57. The molecule has 8 heteroatoms. The third-order valence-corrected chi connectivity index (χ3v) is 4.21. The van der Waals surface area contributed by atoms with Crippen LogP contribution >= 0.6 is 0 Å². The van der Waals surface area contributed by atoms with Gasteiger partial charge in [0.05, 0.1) is 23.6 Å². The lowest BCUT2D eigenvalue weighted by Gasteiger charge is -2.20. The van der Waals surface area contributed by atoms with Crippen LogP contribution in [0.3, 0.4) is 0 Å². The number of aromatic nitrogens is 4. The molecule has 1 atom stereocenters. The molecule has 1 aliphatic heterocycles. The number of amides is 1. The first-order chi connectivity index (χ1) is 11.6. The van der Waals surface area contributed by atoms with Gasteiger partial charge in [0.25, 0.3) is 5.91 Å². The van der Waals surface area contributed by atoms with Crippen LogP contribution in [0.5, 0.6) is 0 Å². The molecule has 1 aromatic carbocycles. The van der Waals surface area contributed by atoms with Crippen molar-refractivity contribution in [3.63, 3.8) is 0 Å². The lowest BCUT2D eigenvalue weighted by Crippen LogP contribution is -2.20. The summed E-state index contributed by atoms with van der Waals surface area (Å²) in [5.74, 6) is -0.325. The van der Waals surface area contributed by atoms with Crippen molar-refractivity contribution in [3.8, 4) is 0 Å². The van der Waals surface area contributed by atoms with Crippen LogP contribution in [0.15, 0.2) is 35.6 Å². The number of rotatable bonds is 3. The Kier molecular flexibility index (Phi) is 3.20. The normalized spacial score (nSPS) is 16.9. The van der Waals surface area contributed by atoms with Gasteiger partial charge in [-0.05, 0) is 24.6 Å². The van der Waals surface area contributed by atoms with Crippen LogP contribution in [0.2, 0.25) is 0 Å². The molecule has 0 aliphatic carbocycles. The molecular formula is C16H16N6O2. The Hall–Kier alpha value is -3.00. The maximum absolute atomic E-state index is 11.5. The van der Waals surface area contributed by atoms with Crippen LogP contribution in [-0.4, -0.2) is 36.3 Å². The predicted molar refractivity (Wildman–Crippen MR) is 88.2 cm³/mol. The third-order valence-electron chi connectivity index (χ3n) is 4.21. The Bertz CT molecular complexity index is 984. The van der Waals surface area contributed by atoms with Crippen molar-refractivity contribution < 1.29 is 9.90 Å². The van der Waals surface area contributed by atoms with Crippen molar-refractivity contribution >= 4 is 28.3 Å². The third kappa shape index (κ3) is 2.11. The van der Waals surface area contributed by atoms with Crippen molar-refractivity contribution in [2.24, 2.45) is 10.7 Å². The second-order valence-corrected chi connectivity index (χ2v) is 5.67. The van der Waals surface area contributed by atoms with Gasteiger partial charge in [0.1, 0.15) is 5.56 Å². The molecule has 122 valence electrons. The van der Waals surface area contributed by atoms with Crippen molar-refractivity contribution in [2.75, 3.05) is 0 Å². The highest BCUT2D eigenvalue weighted by atomic mass is 16.3. The minimum absolute atomic E-state index is 0.200. The van der Waals surface area contributed by atoms with Gasteiger partial charge in [-0.1, -0.05) is 6.07 Å². The number of benzene rings is 1. The van der Waals surface area contributed by atoms with E-state index in [9.17, 15) is 9.90 Å². The molecular weight excluding hydrogens is 308 g/mol. The fourth-order valence-corrected chi connectivity index (χ4v) is 2.99. The zero-order chi connectivity index (χ0) is 16.8. The number of carbonyl (C=O) groups is 1. The second kappa shape index (κ2) is 5.27. The van der Waals surface area contributed by atoms with Crippen LogP contribution in [0.4, 0.5) is 5.82 Å². The largest absolute Gasteiger partial charge is 0.371 e. The quantitative estimate of drug-likeness (QED) is 0.757. The van der Waals surface area contributed by atoms with E-state index in [0.717, 1.165) is 23.0 Å². The van der Waals surface area contributed by atoms with Gasteiger partial charge < -0.3 is 10.8 Å². The highest BCUT2D eigenvalue weighted by Gasteiger charge is 2.26. The number of nitrogens with two attached hydrogens (primary N) is 1. The van der Waals surface area contributed by atoms with Crippen LogP contribution in [0, 0.1) is 0 Å². The lowest BCUT2D eigenvalue weighted by atomic mass is 10.0. The summed E-state index contributed by atoms with van der Waals surface area (Å²) in [5, 5.41) is 19.6. The van der Waals surface area contributed by atoms with Gasteiger partial charge in [-0.15, -0.1) is 0 Å². The molecule has 2 aromatic heterocycles. The Morgan fingerprint density at radius 3 is 2.96 bits per heavy atom. The number of fused-ring (bicyclic) bond motifs is 2. The maximum atomic E-state index is 11.5. The average molecular weight is 324 g/mol. The number of aryl methyl sites for hydroxylation is 1. The number of nitrogens with zero attached hydrogens (tertiary/aromatic N) is 5. The molecule has 0 saturated heterocycles. The van der Waals surface area contributed by atoms with E-state index in [4.69, 9.17) is 5.73 Å². The Morgan fingerprint density at radius 2 is 2.21 bits per heavy atom. The van der Waals surface area contributed by atoms with E-state index in [2.05, 4.69) is 15.2 Å². The summed E-state index contributed by atoms with van der Waals surface area (Å²) in [4.78, 5) is 16.0. The fourth-order valence-electron chi connectivity index (χ4n) is 2.99. The van der Waals surface area contributed by atoms with E-state index in [1.165, 1.54) is 10.9 Å². The summed E-state index contributed by atoms with van der Waals surface area (Å²) in [6, 6.07) is 5.91. The van der Waals surface area contributed by atoms with E-state index in [0.29, 0.717) is 18.0 Å². The molecule has 3 N–H and O–H groups in total. The minimum Gasteiger partial charge on any atom is -0.371 e. The van der Waals surface area contributed by atoms with E-state index in [1.807, 2.05) is 29.8 Å². The van der Waals surface area contributed by atoms with Crippen molar-refractivity contribution in [2.45, 2.75) is 26.1 Å². The van der Waals surface area contributed by atoms with Gasteiger partial charge in [0, 0.05) is 18.4 Å². The first-order valence-corrected chi connectivity index (χ1v) is 7.67. The van der Waals surface area contributed by atoms with Crippen LogP contribution < -0.4 is 5.73 Å². The number of primary amides is 1. The van der Waals surface area contributed by atoms with Gasteiger partial charge in [0.15, 0.2) is 12.0 Å². The molecule has 0 radical (unpaired) electrons. The molecule has 1 aliphatic rings. The molecule has 0 saturated carbocycles. The van der Waals surface area contributed by atoms with E-state index >= 15 is 0 Å². The van der Waals surface area contributed by atoms with Crippen LogP contribution in [-0.2, 0) is 6.54 Å². The summed E-state index contributed by atoms with van der Waals surface area (Å²) in [5.41, 5.74) is 8.15. The number of aliphatic hydroxyl groups excluding tert-OH is 1. The van der Waals surface area contributed by atoms with Crippen molar-refractivity contribution in [3.05, 3.63) is 41.7 Å². The zero-order valence-electron chi connectivity index (χ0n) is 13.0. The zero-order valence-corrected chi connectivity index (χ0v) is 13.0. The van der Waals surface area contributed by atoms with Gasteiger partial charge in [-0.2, -0.15) is 10.2 Å². The van der Waals surface area contributed by atoms with Crippen LogP contribution in [0.1, 0.15) is 35.5 Å². The SMILES string of the molecule is CCn1ncc2cc(C3=Nc4c(C(N)=O)cnn4C(O)C3)ccc21. The first-order valence-electron chi connectivity index (χ1n) is 7.67. The molecule has 0 spiro atoms. The topological polar surface area (TPSA) is 111 Å². The highest BCUT2D eigenvalue weighted by Crippen LogP contribution is 2.31. The molecule has 1 unspecified atom stereocenters. The fraction of sp³-hybridized carbons (Fsp3) is 0.250. The highest BCUT2D eigenvalue weighted by molar-refractivity contribution is 6.06. The number of hydrogen-bond donors (Lipinski definition) is 2.